The van der Waals surface area contributed by atoms with Gasteiger partial charge in [-0.2, -0.15) is 0 Å². The molecule has 2 aromatic rings. The molecule has 0 bridgehead atoms. The van der Waals surface area contributed by atoms with E-state index in [0.29, 0.717) is 5.92 Å². The van der Waals surface area contributed by atoms with E-state index in [0.717, 1.165) is 21.5 Å². The molecule has 1 unspecified atom stereocenters. The predicted molar refractivity (Wildman–Crippen MR) is 87.0 cm³/mol. The van der Waals surface area contributed by atoms with E-state index in [4.69, 9.17) is 11.6 Å². The molecule has 6 heteroatoms. The number of nitrogens with one attached hydrogen (secondary N) is 2. The van der Waals surface area contributed by atoms with E-state index in [1.807, 2.05) is 19.2 Å². The Morgan fingerprint density at radius 1 is 1.15 bits per heavy atom. The van der Waals surface area contributed by atoms with Gasteiger partial charge >= 0.3 is 0 Å². The quantitative estimate of drug-likeness (QED) is 0.852. The molecule has 0 aliphatic rings. The lowest BCUT2D eigenvalue weighted by molar-refractivity contribution is 0.826. The highest BCUT2D eigenvalue weighted by Crippen LogP contribution is 2.33. The minimum absolute atomic E-state index is 0.157. The summed E-state index contributed by atoms with van der Waals surface area (Å²) in [5.41, 5.74) is 1.10. The number of thiophene rings is 1. The molecular formula is C14H19ClN4S. The Balaban J connectivity index is 2.29. The number of anilines is 2. The number of aromatic nitrogens is 2. The molecular weight excluding hydrogens is 292 g/mol. The minimum Gasteiger partial charge on any atom is -0.373 e. The summed E-state index contributed by atoms with van der Waals surface area (Å²) in [6, 6.07) is 4.12. The summed E-state index contributed by atoms with van der Waals surface area (Å²) in [4.78, 5) is 9.86. The van der Waals surface area contributed by atoms with E-state index in [-0.39, 0.29) is 6.04 Å². The average molecular weight is 311 g/mol. The van der Waals surface area contributed by atoms with Crippen LogP contribution in [0.5, 0.6) is 0 Å². The molecule has 0 spiro atoms. The number of hydrogen-bond acceptors (Lipinski definition) is 5. The Morgan fingerprint density at radius 2 is 1.85 bits per heavy atom. The van der Waals surface area contributed by atoms with Gasteiger partial charge in [0.1, 0.15) is 18.0 Å². The third-order valence-electron chi connectivity index (χ3n) is 3.07. The van der Waals surface area contributed by atoms with Crippen LogP contribution in [-0.2, 0) is 0 Å². The molecule has 0 saturated heterocycles. The van der Waals surface area contributed by atoms with E-state index in [1.165, 1.54) is 4.88 Å². The zero-order chi connectivity index (χ0) is 14.7. The lowest BCUT2D eigenvalue weighted by atomic mass is 10.0. The zero-order valence-corrected chi connectivity index (χ0v) is 13.6. The first-order chi connectivity index (χ1) is 9.52. The van der Waals surface area contributed by atoms with Crippen LogP contribution in [-0.4, -0.2) is 17.0 Å². The van der Waals surface area contributed by atoms with Gasteiger partial charge < -0.3 is 10.6 Å². The van der Waals surface area contributed by atoms with E-state index in [9.17, 15) is 0 Å². The molecule has 0 saturated carbocycles. The Hall–Kier alpha value is -1.33. The monoisotopic (exact) mass is 310 g/mol. The first-order valence-electron chi connectivity index (χ1n) is 6.57. The summed E-state index contributed by atoms with van der Waals surface area (Å²) in [6.45, 7) is 6.38. The average Bonchev–Trinajstić information content (AvgIpc) is 2.84. The fourth-order valence-electron chi connectivity index (χ4n) is 2.09. The second kappa shape index (κ2) is 6.41. The van der Waals surface area contributed by atoms with Crippen LogP contribution in [0.25, 0.3) is 0 Å². The van der Waals surface area contributed by atoms with Gasteiger partial charge in [0, 0.05) is 17.5 Å². The second-order valence-electron chi connectivity index (χ2n) is 4.90. The summed E-state index contributed by atoms with van der Waals surface area (Å²) in [7, 11) is 1.88. The molecule has 2 aromatic heterocycles. The Labute approximate surface area is 128 Å². The first-order valence-corrected chi connectivity index (χ1v) is 7.76. The van der Waals surface area contributed by atoms with Crippen LogP contribution in [0.4, 0.5) is 11.6 Å². The van der Waals surface area contributed by atoms with Crippen molar-refractivity contribution in [2.24, 2.45) is 0 Å². The molecule has 0 radical (unpaired) electrons. The van der Waals surface area contributed by atoms with Gasteiger partial charge in [0.05, 0.1) is 10.4 Å². The van der Waals surface area contributed by atoms with Crippen LogP contribution in [0.3, 0.4) is 0 Å². The first kappa shape index (κ1) is 15.1. The lowest BCUT2D eigenvalue weighted by Gasteiger charge is -2.19. The van der Waals surface area contributed by atoms with E-state index in [1.54, 1.807) is 17.7 Å². The number of hydrogen-bond donors (Lipinski definition) is 2. The van der Waals surface area contributed by atoms with Crippen molar-refractivity contribution < 1.29 is 0 Å². The van der Waals surface area contributed by atoms with Crippen molar-refractivity contribution in [3.8, 4) is 0 Å². The van der Waals surface area contributed by atoms with E-state index in [2.05, 4.69) is 41.4 Å². The molecule has 108 valence electrons. The summed E-state index contributed by atoms with van der Waals surface area (Å²) in [5, 5.41) is 6.58. The fraction of sp³-hybridized carbons (Fsp3) is 0.429. The van der Waals surface area contributed by atoms with Gasteiger partial charge in [0.2, 0.25) is 0 Å². The molecule has 0 fully saturated rings. The van der Waals surface area contributed by atoms with Crippen molar-refractivity contribution in [2.75, 3.05) is 17.7 Å². The second-order valence-corrected chi connectivity index (χ2v) is 6.64. The highest BCUT2D eigenvalue weighted by Gasteiger charge is 2.17. The van der Waals surface area contributed by atoms with Crippen LogP contribution in [0.1, 0.15) is 43.2 Å². The van der Waals surface area contributed by atoms with Crippen LogP contribution in [0.2, 0.25) is 4.34 Å². The summed E-state index contributed by atoms with van der Waals surface area (Å²) < 4.78 is 0.802. The molecule has 2 heterocycles. The van der Waals surface area contributed by atoms with Gasteiger partial charge in [0.15, 0.2) is 0 Å². The molecule has 0 amide bonds. The van der Waals surface area contributed by atoms with Crippen LogP contribution < -0.4 is 10.6 Å². The highest BCUT2D eigenvalue weighted by atomic mass is 35.5. The predicted octanol–water partition coefficient (Wildman–Crippen LogP) is 4.53. The lowest BCUT2D eigenvalue weighted by Crippen LogP contribution is -2.12. The van der Waals surface area contributed by atoms with Gasteiger partial charge in [-0.25, -0.2) is 9.97 Å². The molecule has 1 atom stereocenters. The zero-order valence-electron chi connectivity index (χ0n) is 12.1. The van der Waals surface area contributed by atoms with Crippen molar-refractivity contribution in [3.05, 3.63) is 33.2 Å². The Bertz CT molecular complexity index is 582. The minimum atomic E-state index is 0.157. The van der Waals surface area contributed by atoms with E-state index < -0.39 is 0 Å². The molecule has 4 nitrogen and oxygen atoms in total. The normalized spacial score (nSPS) is 12.5. The van der Waals surface area contributed by atoms with Gasteiger partial charge in [0.25, 0.3) is 0 Å². The Kier molecular flexibility index (Phi) is 4.83. The number of rotatable bonds is 5. The molecule has 0 aliphatic carbocycles. The SMILES string of the molecule is CNc1ncnc(NC(C)c2ccc(Cl)s2)c1C(C)C. The Morgan fingerprint density at radius 3 is 2.40 bits per heavy atom. The van der Waals surface area contributed by atoms with Gasteiger partial charge in [-0.05, 0) is 25.0 Å². The summed E-state index contributed by atoms with van der Waals surface area (Å²) in [6.07, 6.45) is 1.58. The fourth-order valence-corrected chi connectivity index (χ4v) is 3.16. The van der Waals surface area contributed by atoms with Crippen molar-refractivity contribution >= 4 is 34.6 Å². The van der Waals surface area contributed by atoms with Crippen molar-refractivity contribution in [1.82, 2.24) is 9.97 Å². The summed E-state index contributed by atoms with van der Waals surface area (Å²) in [5.74, 6) is 2.07. The van der Waals surface area contributed by atoms with Gasteiger partial charge in [-0.1, -0.05) is 25.4 Å². The van der Waals surface area contributed by atoms with Crippen molar-refractivity contribution in [1.29, 1.82) is 0 Å². The van der Waals surface area contributed by atoms with Crippen LogP contribution >= 0.6 is 22.9 Å². The smallest absolute Gasteiger partial charge is 0.135 e. The maximum Gasteiger partial charge on any atom is 0.135 e. The molecule has 2 N–H and O–H groups in total. The van der Waals surface area contributed by atoms with E-state index >= 15 is 0 Å². The molecule has 20 heavy (non-hydrogen) atoms. The maximum absolute atomic E-state index is 5.99. The van der Waals surface area contributed by atoms with Gasteiger partial charge in [-0.3, -0.25) is 0 Å². The molecule has 0 aliphatic heterocycles. The topological polar surface area (TPSA) is 49.8 Å². The van der Waals surface area contributed by atoms with Crippen LogP contribution in [0.15, 0.2) is 18.5 Å². The third-order valence-corrected chi connectivity index (χ3v) is 4.49. The largest absolute Gasteiger partial charge is 0.373 e. The van der Waals surface area contributed by atoms with Crippen molar-refractivity contribution in [3.63, 3.8) is 0 Å². The number of halogens is 1. The van der Waals surface area contributed by atoms with Crippen molar-refractivity contribution in [2.45, 2.75) is 32.7 Å². The molecule has 2 rings (SSSR count). The number of nitrogens with zero attached hydrogens (tertiary/aromatic N) is 2. The standard InChI is InChI=1S/C14H19ClN4S/c1-8(2)12-13(16-4)17-7-18-14(12)19-9(3)10-5-6-11(15)20-10/h5-9H,1-4H3,(H2,16,17,18,19). The maximum atomic E-state index is 5.99. The third kappa shape index (κ3) is 3.22. The molecule has 0 aromatic carbocycles. The van der Waals surface area contributed by atoms with Crippen LogP contribution in [0, 0.1) is 0 Å². The van der Waals surface area contributed by atoms with Gasteiger partial charge in [-0.15, -0.1) is 11.3 Å². The highest BCUT2D eigenvalue weighted by molar-refractivity contribution is 7.16. The summed E-state index contributed by atoms with van der Waals surface area (Å²) >= 11 is 7.58.